The van der Waals surface area contributed by atoms with E-state index in [0.29, 0.717) is 27.3 Å². The van der Waals surface area contributed by atoms with Crippen molar-refractivity contribution in [1.29, 1.82) is 0 Å². The standard InChI is InChI=1S/C20H17FN4O2/c1-20(2,26)18-7-9-25-17(11-22-19(25)23-18)13-5-6-16(21)15(10-13)14-4-3-8-24(27)12-14/h3-12,26H,1-2H3. The second-order valence-electron chi connectivity index (χ2n) is 6.83. The lowest BCUT2D eigenvalue weighted by Gasteiger charge is -2.16. The number of hydrogen-bond acceptors (Lipinski definition) is 4. The van der Waals surface area contributed by atoms with Crippen LogP contribution in [0.15, 0.2) is 61.2 Å². The molecule has 0 aliphatic heterocycles. The molecule has 0 unspecified atom stereocenters. The molecule has 0 atom stereocenters. The number of aliphatic hydroxyl groups is 1. The van der Waals surface area contributed by atoms with E-state index >= 15 is 0 Å². The van der Waals surface area contributed by atoms with E-state index in [9.17, 15) is 14.7 Å². The van der Waals surface area contributed by atoms with Gasteiger partial charge in [-0.2, -0.15) is 4.73 Å². The topological polar surface area (TPSA) is 77.4 Å². The molecule has 1 N–H and O–H groups in total. The minimum Gasteiger partial charge on any atom is -0.619 e. The number of imidazole rings is 1. The Hall–Kier alpha value is -3.32. The second kappa shape index (κ2) is 6.14. The summed E-state index contributed by atoms with van der Waals surface area (Å²) >= 11 is 0. The van der Waals surface area contributed by atoms with E-state index in [1.54, 1.807) is 61.0 Å². The first-order chi connectivity index (χ1) is 12.8. The zero-order valence-corrected chi connectivity index (χ0v) is 14.8. The van der Waals surface area contributed by atoms with Gasteiger partial charge in [0, 0.05) is 29.0 Å². The minimum atomic E-state index is -1.07. The van der Waals surface area contributed by atoms with Gasteiger partial charge in [0.2, 0.25) is 5.78 Å². The van der Waals surface area contributed by atoms with E-state index in [2.05, 4.69) is 9.97 Å². The Kier molecular flexibility index (Phi) is 3.89. The van der Waals surface area contributed by atoms with Crippen molar-refractivity contribution in [2.75, 3.05) is 0 Å². The summed E-state index contributed by atoms with van der Waals surface area (Å²) in [5, 5.41) is 21.6. The lowest BCUT2D eigenvalue weighted by molar-refractivity contribution is -0.604. The van der Waals surface area contributed by atoms with Crippen LogP contribution in [0.25, 0.3) is 28.2 Å². The Morgan fingerprint density at radius 2 is 2.00 bits per heavy atom. The second-order valence-corrected chi connectivity index (χ2v) is 6.83. The maximum atomic E-state index is 14.4. The Labute approximate surface area is 154 Å². The molecule has 0 aliphatic rings. The monoisotopic (exact) mass is 364 g/mol. The smallest absolute Gasteiger partial charge is 0.234 e. The number of pyridine rings is 1. The maximum Gasteiger partial charge on any atom is 0.234 e. The number of aromatic nitrogens is 4. The van der Waals surface area contributed by atoms with Crippen molar-refractivity contribution < 1.29 is 14.2 Å². The summed E-state index contributed by atoms with van der Waals surface area (Å²) in [7, 11) is 0. The molecule has 3 heterocycles. The van der Waals surface area contributed by atoms with E-state index in [-0.39, 0.29) is 0 Å². The van der Waals surface area contributed by atoms with Crippen LogP contribution < -0.4 is 4.73 Å². The SMILES string of the molecule is CC(C)(O)c1ccn2c(-c3ccc(F)c(-c4ccc[n+]([O-])c4)c3)cnc2n1. The van der Waals surface area contributed by atoms with Crippen LogP contribution in [0.4, 0.5) is 4.39 Å². The van der Waals surface area contributed by atoms with Gasteiger partial charge >= 0.3 is 0 Å². The molecule has 7 heteroatoms. The fraction of sp³-hybridized carbons (Fsp3) is 0.150. The fourth-order valence-corrected chi connectivity index (χ4v) is 2.95. The quantitative estimate of drug-likeness (QED) is 0.448. The molecule has 4 aromatic rings. The van der Waals surface area contributed by atoms with Crippen LogP contribution in [-0.4, -0.2) is 19.5 Å². The summed E-state index contributed by atoms with van der Waals surface area (Å²) in [5.74, 6) is 0.0221. The molecule has 6 nitrogen and oxygen atoms in total. The van der Waals surface area contributed by atoms with Crippen LogP contribution >= 0.6 is 0 Å². The van der Waals surface area contributed by atoms with E-state index in [1.807, 2.05) is 0 Å². The number of benzene rings is 1. The third-order valence-corrected chi connectivity index (χ3v) is 4.35. The molecular formula is C20H17FN4O2. The van der Waals surface area contributed by atoms with Crippen LogP contribution in [0.1, 0.15) is 19.5 Å². The predicted molar refractivity (Wildman–Crippen MR) is 98.0 cm³/mol. The lowest BCUT2D eigenvalue weighted by atomic mass is 10.0. The van der Waals surface area contributed by atoms with E-state index in [4.69, 9.17) is 0 Å². The third-order valence-electron chi connectivity index (χ3n) is 4.35. The van der Waals surface area contributed by atoms with Crippen molar-refractivity contribution in [1.82, 2.24) is 14.4 Å². The van der Waals surface area contributed by atoms with Crippen molar-refractivity contribution >= 4 is 5.78 Å². The van der Waals surface area contributed by atoms with Gasteiger partial charge in [-0.3, -0.25) is 4.40 Å². The highest BCUT2D eigenvalue weighted by atomic mass is 19.1. The van der Waals surface area contributed by atoms with Gasteiger partial charge in [-0.05, 0) is 44.2 Å². The average molecular weight is 364 g/mol. The van der Waals surface area contributed by atoms with Crippen molar-refractivity contribution in [3.05, 3.63) is 77.9 Å². The summed E-state index contributed by atoms with van der Waals surface area (Å²) in [5.41, 5.74) is 1.72. The molecule has 0 saturated heterocycles. The Morgan fingerprint density at radius 3 is 2.74 bits per heavy atom. The van der Waals surface area contributed by atoms with Gasteiger partial charge in [0.05, 0.1) is 17.6 Å². The van der Waals surface area contributed by atoms with Gasteiger partial charge in [-0.1, -0.05) is 0 Å². The minimum absolute atomic E-state index is 0.328. The molecule has 0 aliphatic carbocycles. The summed E-state index contributed by atoms with van der Waals surface area (Å²) in [6, 6.07) is 9.68. The molecule has 136 valence electrons. The molecule has 3 aromatic heterocycles. The summed E-state index contributed by atoms with van der Waals surface area (Å²) in [6.45, 7) is 3.31. The summed E-state index contributed by atoms with van der Waals surface area (Å²) in [6.07, 6.45) is 6.09. The maximum absolute atomic E-state index is 14.4. The number of rotatable bonds is 3. The first-order valence-electron chi connectivity index (χ1n) is 8.39. The number of hydrogen-bond donors (Lipinski definition) is 1. The van der Waals surface area contributed by atoms with Crippen molar-refractivity contribution in [3.63, 3.8) is 0 Å². The molecule has 0 spiro atoms. The highest BCUT2D eigenvalue weighted by Gasteiger charge is 2.19. The van der Waals surface area contributed by atoms with Crippen molar-refractivity contribution in [2.45, 2.75) is 19.4 Å². The van der Waals surface area contributed by atoms with Gasteiger partial charge < -0.3 is 10.3 Å². The molecule has 1 aromatic carbocycles. The highest BCUT2D eigenvalue weighted by molar-refractivity contribution is 5.72. The number of halogens is 1. The first kappa shape index (κ1) is 17.1. The Bertz CT molecular complexity index is 1150. The molecule has 4 rings (SSSR count). The fourth-order valence-electron chi connectivity index (χ4n) is 2.95. The molecule has 0 amide bonds. The van der Waals surface area contributed by atoms with Crippen molar-refractivity contribution in [3.8, 4) is 22.4 Å². The highest BCUT2D eigenvalue weighted by Crippen LogP contribution is 2.29. The molecule has 27 heavy (non-hydrogen) atoms. The summed E-state index contributed by atoms with van der Waals surface area (Å²) < 4.78 is 16.8. The first-order valence-corrected chi connectivity index (χ1v) is 8.39. The molecule has 0 saturated carbocycles. The number of nitrogens with zero attached hydrogens (tertiary/aromatic N) is 4. The van der Waals surface area contributed by atoms with E-state index in [0.717, 1.165) is 11.3 Å². The average Bonchev–Trinajstić information content (AvgIpc) is 3.05. The lowest BCUT2D eigenvalue weighted by Crippen LogP contribution is -2.24. The van der Waals surface area contributed by atoms with E-state index < -0.39 is 11.4 Å². The van der Waals surface area contributed by atoms with Crippen LogP contribution in [0.3, 0.4) is 0 Å². The van der Waals surface area contributed by atoms with Crippen LogP contribution in [0, 0.1) is 11.0 Å². The Balaban J connectivity index is 1.83. The summed E-state index contributed by atoms with van der Waals surface area (Å²) in [4.78, 5) is 8.69. The van der Waals surface area contributed by atoms with Crippen LogP contribution in [0.5, 0.6) is 0 Å². The van der Waals surface area contributed by atoms with Gasteiger partial charge in [0.15, 0.2) is 12.4 Å². The van der Waals surface area contributed by atoms with Crippen LogP contribution in [-0.2, 0) is 5.60 Å². The van der Waals surface area contributed by atoms with Gasteiger partial charge in [0.25, 0.3) is 0 Å². The third kappa shape index (κ3) is 3.13. The van der Waals surface area contributed by atoms with Crippen LogP contribution in [0.2, 0.25) is 0 Å². The number of fused-ring (bicyclic) bond motifs is 1. The zero-order chi connectivity index (χ0) is 19.2. The Morgan fingerprint density at radius 1 is 1.19 bits per heavy atom. The van der Waals surface area contributed by atoms with Gasteiger partial charge in [-0.15, -0.1) is 0 Å². The van der Waals surface area contributed by atoms with Gasteiger partial charge in [-0.25, -0.2) is 14.4 Å². The molecule has 0 fully saturated rings. The van der Waals surface area contributed by atoms with Gasteiger partial charge in [0.1, 0.15) is 11.4 Å². The largest absolute Gasteiger partial charge is 0.619 e. The molecule has 0 bridgehead atoms. The normalized spacial score (nSPS) is 11.9. The van der Waals surface area contributed by atoms with Crippen molar-refractivity contribution in [2.24, 2.45) is 0 Å². The van der Waals surface area contributed by atoms with E-state index in [1.165, 1.54) is 18.5 Å². The zero-order valence-electron chi connectivity index (χ0n) is 14.8. The molecule has 0 radical (unpaired) electrons. The predicted octanol–water partition coefficient (Wildman–Crippen LogP) is 3.06. The molecular weight excluding hydrogens is 347 g/mol.